The Bertz CT molecular complexity index is 423. The van der Waals surface area contributed by atoms with Gasteiger partial charge in [0.25, 0.3) is 0 Å². The van der Waals surface area contributed by atoms with Gasteiger partial charge in [0.1, 0.15) is 0 Å². The predicted molar refractivity (Wildman–Crippen MR) is 72.7 cm³/mol. The maximum absolute atomic E-state index is 11.5. The lowest BCUT2D eigenvalue weighted by Gasteiger charge is -2.21. The van der Waals surface area contributed by atoms with Crippen molar-refractivity contribution in [1.29, 1.82) is 0 Å². The summed E-state index contributed by atoms with van der Waals surface area (Å²) in [7, 11) is 0. The Hall–Kier alpha value is -0.910. The highest BCUT2D eigenvalue weighted by molar-refractivity contribution is 7.99. The first-order valence-corrected chi connectivity index (χ1v) is 6.42. The van der Waals surface area contributed by atoms with E-state index in [1.165, 1.54) is 11.8 Å². The molecule has 0 atom stereocenters. The molecule has 4 nitrogen and oxygen atoms in total. The lowest BCUT2D eigenvalue weighted by atomic mass is 9.96. The third kappa shape index (κ3) is 3.80. The third-order valence-electron chi connectivity index (χ3n) is 2.32. The van der Waals surface area contributed by atoms with Crippen molar-refractivity contribution in [1.82, 2.24) is 5.43 Å². The van der Waals surface area contributed by atoms with Gasteiger partial charge in [-0.3, -0.25) is 10.2 Å². The van der Waals surface area contributed by atoms with Crippen molar-refractivity contribution < 1.29 is 4.79 Å². The van der Waals surface area contributed by atoms with Crippen LogP contribution >= 0.6 is 23.4 Å². The van der Waals surface area contributed by atoms with E-state index < -0.39 is 5.41 Å². The van der Waals surface area contributed by atoms with Gasteiger partial charge in [-0.15, -0.1) is 11.8 Å². The van der Waals surface area contributed by atoms with E-state index in [4.69, 9.17) is 23.2 Å². The van der Waals surface area contributed by atoms with Crippen LogP contribution in [0.5, 0.6) is 0 Å². The van der Waals surface area contributed by atoms with Gasteiger partial charge in [-0.25, -0.2) is 5.84 Å². The van der Waals surface area contributed by atoms with Crippen molar-refractivity contribution in [3.8, 4) is 0 Å². The van der Waals surface area contributed by atoms with E-state index in [9.17, 15) is 4.79 Å². The second-order valence-electron chi connectivity index (χ2n) is 4.33. The molecular formula is C11H16ClN3OS. The van der Waals surface area contributed by atoms with Crippen LogP contribution in [0.25, 0.3) is 0 Å². The van der Waals surface area contributed by atoms with Crippen LogP contribution in [-0.2, 0) is 4.79 Å². The summed E-state index contributed by atoms with van der Waals surface area (Å²) in [4.78, 5) is 12.5. The summed E-state index contributed by atoms with van der Waals surface area (Å²) in [5, 5.41) is 0.524. The fourth-order valence-electron chi connectivity index (χ4n) is 1.12. The van der Waals surface area contributed by atoms with Gasteiger partial charge in [-0.1, -0.05) is 25.4 Å². The number of nitrogen functional groups attached to an aromatic ring is 1. The van der Waals surface area contributed by atoms with Crippen molar-refractivity contribution in [2.75, 3.05) is 11.5 Å². The number of hydrazine groups is 1. The van der Waals surface area contributed by atoms with Gasteiger partial charge in [-0.05, 0) is 18.2 Å². The molecule has 0 spiro atoms. The zero-order chi connectivity index (χ0) is 13.1. The Kier molecular flexibility index (Phi) is 4.68. The molecular weight excluding hydrogens is 258 g/mol. The Labute approximate surface area is 110 Å². The number of thioether (sulfide) groups is 1. The van der Waals surface area contributed by atoms with Gasteiger partial charge in [0.05, 0.1) is 16.1 Å². The largest absolute Gasteiger partial charge is 0.398 e. The molecule has 1 amide bonds. The third-order valence-corrected chi connectivity index (χ3v) is 4.10. The maximum Gasteiger partial charge on any atom is 0.240 e. The smallest absolute Gasteiger partial charge is 0.240 e. The fourth-order valence-corrected chi connectivity index (χ4v) is 2.39. The molecule has 94 valence electrons. The molecule has 6 heteroatoms. The minimum Gasteiger partial charge on any atom is -0.398 e. The SMILES string of the molecule is CC(C)(CSc1ccc(N)c(Cl)c1)C(=O)NN. The number of amides is 1. The summed E-state index contributed by atoms with van der Waals surface area (Å²) >= 11 is 7.45. The second kappa shape index (κ2) is 5.62. The zero-order valence-electron chi connectivity index (χ0n) is 9.79. The van der Waals surface area contributed by atoms with E-state index in [1.807, 2.05) is 19.9 Å². The molecule has 0 saturated carbocycles. The molecule has 5 N–H and O–H groups in total. The number of hydrogen-bond acceptors (Lipinski definition) is 4. The summed E-state index contributed by atoms with van der Waals surface area (Å²) < 4.78 is 0. The molecule has 1 aromatic carbocycles. The highest BCUT2D eigenvalue weighted by Gasteiger charge is 2.26. The van der Waals surface area contributed by atoms with Crippen LogP contribution in [0.2, 0.25) is 5.02 Å². The topological polar surface area (TPSA) is 81.1 Å². The molecule has 1 aromatic rings. The van der Waals surface area contributed by atoms with Crippen LogP contribution in [-0.4, -0.2) is 11.7 Å². The highest BCUT2D eigenvalue weighted by atomic mass is 35.5. The first-order chi connectivity index (χ1) is 7.86. The van der Waals surface area contributed by atoms with Crippen LogP contribution in [0.1, 0.15) is 13.8 Å². The predicted octanol–water partition coefficient (Wildman–Crippen LogP) is 2.03. The molecule has 0 bridgehead atoms. The number of rotatable bonds is 4. The van der Waals surface area contributed by atoms with E-state index in [0.717, 1.165) is 4.90 Å². The normalized spacial score (nSPS) is 11.3. The number of benzene rings is 1. The summed E-state index contributed by atoms with van der Waals surface area (Å²) in [6.07, 6.45) is 0. The fraction of sp³-hybridized carbons (Fsp3) is 0.364. The summed E-state index contributed by atoms with van der Waals surface area (Å²) in [5.41, 5.74) is 7.80. The molecule has 0 heterocycles. The number of hydrogen-bond donors (Lipinski definition) is 3. The molecule has 1 rings (SSSR count). The van der Waals surface area contributed by atoms with Crippen LogP contribution in [0.15, 0.2) is 23.1 Å². The number of nitrogens with one attached hydrogen (secondary N) is 1. The van der Waals surface area contributed by atoms with Crippen LogP contribution in [0.3, 0.4) is 0 Å². The summed E-state index contributed by atoms with van der Waals surface area (Å²) in [6, 6.07) is 5.42. The molecule has 0 unspecified atom stereocenters. The molecule has 0 fully saturated rings. The van der Waals surface area contributed by atoms with Crippen molar-refractivity contribution in [3.05, 3.63) is 23.2 Å². The van der Waals surface area contributed by atoms with Crippen molar-refractivity contribution in [3.63, 3.8) is 0 Å². The Morgan fingerprint density at radius 3 is 2.71 bits per heavy atom. The number of halogens is 1. The van der Waals surface area contributed by atoms with Gasteiger partial charge in [0, 0.05) is 10.6 Å². The van der Waals surface area contributed by atoms with E-state index in [1.54, 1.807) is 12.1 Å². The van der Waals surface area contributed by atoms with Gasteiger partial charge < -0.3 is 5.73 Å². The minimum absolute atomic E-state index is 0.188. The Balaban J connectivity index is 2.67. The molecule has 17 heavy (non-hydrogen) atoms. The Morgan fingerprint density at radius 2 is 2.18 bits per heavy atom. The number of carbonyl (C=O) groups excluding carboxylic acids is 1. The monoisotopic (exact) mass is 273 g/mol. The van der Waals surface area contributed by atoms with Gasteiger partial charge in [0.15, 0.2) is 0 Å². The molecule has 0 aliphatic carbocycles. The van der Waals surface area contributed by atoms with Gasteiger partial charge >= 0.3 is 0 Å². The highest BCUT2D eigenvalue weighted by Crippen LogP contribution is 2.31. The summed E-state index contributed by atoms with van der Waals surface area (Å²) in [6.45, 7) is 3.67. The second-order valence-corrected chi connectivity index (χ2v) is 5.79. The Morgan fingerprint density at radius 1 is 1.53 bits per heavy atom. The van der Waals surface area contributed by atoms with E-state index >= 15 is 0 Å². The van der Waals surface area contributed by atoms with Crippen LogP contribution in [0.4, 0.5) is 5.69 Å². The van der Waals surface area contributed by atoms with Gasteiger partial charge in [-0.2, -0.15) is 0 Å². The van der Waals surface area contributed by atoms with Crippen molar-refractivity contribution in [2.45, 2.75) is 18.7 Å². The standard InChI is InChI=1S/C11H16ClN3OS/c1-11(2,10(16)15-14)6-17-7-3-4-9(13)8(12)5-7/h3-5H,6,13-14H2,1-2H3,(H,15,16). The molecule has 0 aromatic heterocycles. The van der Waals surface area contributed by atoms with E-state index in [-0.39, 0.29) is 5.91 Å². The number of anilines is 1. The van der Waals surface area contributed by atoms with Gasteiger partial charge in [0.2, 0.25) is 5.91 Å². The van der Waals surface area contributed by atoms with Crippen LogP contribution in [0, 0.1) is 5.41 Å². The molecule has 0 aliphatic heterocycles. The average molecular weight is 274 g/mol. The zero-order valence-corrected chi connectivity index (χ0v) is 11.4. The first-order valence-electron chi connectivity index (χ1n) is 5.05. The maximum atomic E-state index is 11.5. The first kappa shape index (κ1) is 14.2. The lowest BCUT2D eigenvalue weighted by molar-refractivity contribution is -0.128. The minimum atomic E-state index is -0.534. The molecule has 0 saturated heterocycles. The number of carbonyl (C=O) groups is 1. The molecule has 0 aliphatic rings. The molecule has 0 radical (unpaired) electrons. The van der Waals surface area contributed by atoms with E-state index in [2.05, 4.69) is 5.43 Å². The average Bonchev–Trinajstić information content (AvgIpc) is 2.29. The van der Waals surface area contributed by atoms with Crippen molar-refractivity contribution in [2.24, 2.45) is 11.3 Å². The van der Waals surface area contributed by atoms with Crippen molar-refractivity contribution >= 4 is 35.0 Å². The van der Waals surface area contributed by atoms with E-state index in [0.29, 0.717) is 16.5 Å². The summed E-state index contributed by atoms with van der Waals surface area (Å²) in [5.74, 6) is 5.54. The quantitative estimate of drug-likeness (QED) is 0.258. The van der Waals surface area contributed by atoms with Crippen LogP contribution < -0.4 is 17.0 Å². The number of nitrogens with two attached hydrogens (primary N) is 2. The lowest BCUT2D eigenvalue weighted by Crippen LogP contribution is -2.42.